The van der Waals surface area contributed by atoms with E-state index in [4.69, 9.17) is 14.2 Å². The van der Waals surface area contributed by atoms with Crippen molar-refractivity contribution in [2.75, 3.05) is 44.2 Å². The normalized spacial score (nSPS) is 17.7. The first-order valence-corrected chi connectivity index (χ1v) is 15.8. The molecule has 0 bridgehead atoms. The van der Waals surface area contributed by atoms with E-state index < -0.39 is 12.1 Å². The highest BCUT2D eigenvalue weighted by atomic mass is 16.7. The van der Waals surface area contributed by atoms with Crippen LogP contribution < -0.4 is 24.8 Å². The van der Waals surface area contributed by atoms with Gasteiger partial charge in [0.1, 0.15) is 11.9 Å². The Hall–Kier alpha value is -5.06. The van der Waals surface area contributed by atoms with Crippen molar-refractivity contribution in [3.63, 3.8) is 0 Å². The Labute approximate surface area is 274 Å². The van der Waals surface area contributed by atoms with E-state index in [9.17, 15) is 14.7 Å². The van der Waals surface area contributed by atoms with Crippen LogP contribution >= 0.6 is 0 Å². The van der Waals surface area contributed by atoms with E-state index in [0.29, 0.717) is 47.3 Å². The van der Waals surface area contributed by atoms with Crippen LogP contribution in [0.25, 0.3) is 11.1 Å². The molecule has 10 heteroatoms. The Morgan fingerprint density at radius 3 is 2.30 bits per heavy atom. The molecule has 0 spiro atoms. The number of fused-ring (bicyclic) bond motifs is 2. The van der Waals surface area contributed by atoms with Crippen LogP contribution in [0, 0.1) is 5.92 Å². The third-order valence-electron chi connectivity index (χ3n) is 8.56. The van der Waals surface area contributed by atoms with Crippen molar-refractivity contribution >= 4 is 23.3 Å². The molecule has 0 fully saturated rings. The second-order valence-electron chi connectivity index (χ2n) is 12.2. The summed E-state index contributed by atoms with van der Waals surface area (Å²) in [6.07, 6.45) is -0.239. The number of aliphatic hydroxyl groups excluding tert-OH is 1. The highest BCUT2D eigenvalue weighted by Gasteiger charge is 2.33. The zero-order chi connectivity index (χ0) is 32.9. The minimum Gasteiger partial charge on any atom is -0.488 e. The van der Waals surface area contributed by atoms with Crippen molar-refractivity contribution in [1.29, 1.82) is 0 Å². The van der Waals surface area contributed by atoms with Crippen LogP contribution in [0.15, 0.2) is 91.0 Å². The van der Waals surface area contributed by atoms with Gasteiger partial charge in [-0.15, -0.1) is 0 Å². The molecule has 2 heterocycles. The first kappa shape index (κ1) is 31.9. The molecule has 6 rings (SSSR count). The average Bonchev–Trinajstić information content (AvgIpc) is 3.55. The van der Waals surface area contributed by atoms with E-state index in [-0.39, 0.29) is 31.3 Å². The van der Waals surface area contributed by atoms with E-state index in [1.54, 1.807) is 41.3 Å². The van der Waals surface area contributed by atoms with Gasteiger partial charge in [-0.05, 0) is 61.0 Å². The number of likely N-dealkylation sites (N-methyl/N-ethyl adjacent to an activating group) is 1. The quantitative estimate of drug-likeness (QED) is 0.204. The zero-order valence-corrected chi connectivity index (χ0v) is 26.8. The molecule has 3 amide bonds. The minimum atomic E-state index is -0.478. The largest absolute Gasteiger partial charge is 0.488 e. The van der Waals surface area contributed by atoms with Crippen molar-refractivity contribution in [3.8, 4) is 28.4 Å². The van der Waals surface area contributed by atoms with E-state index in [1.165, 1.54) is 16.7 Å². The summed E-state index contributed by atoms with van der Waals surface area (Å²) in [6, 6.07) is 28.2. The fraction of sp³-hybridized carbons (Fsp3) is 0.297. The fourth-order valence-corrected chi connectivity index (χ4v) is 5.90. The van der Waals surface area contributed by atoms with Crippen LogP contribution in [0.2, 0.25) is 0 Å². The van der Waals surface area contributed by atoms with Gasteiger partial charge in [-0.2, -0.15) is 0 Å². The number of carbonyl (C=O) groups excluding carboxylic acids is 2. The average molecular weight is 637 g/mol. The predicted octanol–water partition coefficient (Wildman–Crippen LogP) is 6.08. The van der Waals surface area contributed by atoms with Crippen LogP contribution in [-0.2, 0) is 6.54 Å². The Balaban J connectivity index is 1.17. The summed E-state index contributed by atoms with van der Waals surface area (Å²) in [5, 5.41) is 15.6. The van der Waals surface area contributed by atoms with Gasteiger partial charge in [0.05, 0.1) is 18.2 Å². The number of hydrogen-bond acceptors (Lipinski definition) is 7. The number of aliphatic hydroxyl groups is 1. The number of ether oxygens (including phenoxy) is 3. The molecule has 4 aromatic carbocycles. The summed E-state index contributed by atoms with van der Waals surface area (Å²) in [5.74, 6) is 1.33. The number of hydrogen-bond donors (Lipinski definition) is 3. The second-order valence-corrected chi connectivity index (χ2v) is 12.2. The highest BCUT2D eigenvalue weighted by Crippen LogP contribution is 2.35. The standard InChI is InChI=1S/C37H40N4O6/c1-24-19-41(25(2)22-42)36(43)31-17-29(38-37(44)39-30-14-16-33-34(18-30)46-23-45-33)13-15-32(31)47-35(24)21-40(3)20-26-9-11-28(12-10-26)27-7-5-4-6-8-27/h4-18,24-25,35,42H,19-23H2,1-3H3,(H2,38,39,44)/t24-,25+,35+/m1/s1. The Morgan fingerprint density at radius 1 is 0.915 bits per heavy atom. The number of carbonyl (C=O) groups is 2. The topological polar surface area (TPSA) is 113 Å². The van der Waals surface area contributed by atoms with Gasteiger partial charge in [0.25, 0.3) is 5.91 Å². The Morgan fingerprint density at radius 2 is 1.57 bits per heavy atom. The maximum absolute atomic E-state index is 13.8. The molecule has 0 aromatic heterocycles. The van der Waals surface area contributed by atoms with Crippen LogP contribution in [0.3, 0.4) is 0 Å². The van der Waals surface area contributed by atoms with E-state index in [0.717, 1.165) is 6.54 Å². The SMILES string of the molecule is C[C@@H]1CN([C@@H](C)CO)C(=O)c2cc(NC(=O)Nc3ccc4c(c3)OCO4)ccc2O[C@H]1CN(C)Cc1ccc(-c2ccccc2)cc1. The Bertz CT molecular complexity index is 1710. The molecule has 2 aliphatic rings. The van der Waals surface area contributed by atoms with E-state index in [1.807, 2.05) is 25.1 Å². The second kappa shape index (κ2) is 14.1. The maximum Gasteiger partial charge on any atom is 0.323 e. The summed E-state index contributed by atoms with van der Waals surface area (Å²) >= 11 is 0. The molecular weight excluding hydrogens is 596 g/mol. The lowest BCUT2D eigenvalue weighted by Gasteiger charge is -2.38. The molecule has 0 aliphatic carbocycles. The third-order valence-corrected chi connectivity index (χ3v) is 8.56. The number of anilines is 2. The molecule has 244 valence electrons. The van der Waals surface area contributed by atoms with Gasteiger partial charge in [-0.3, -0.25) is 9.69 Å². The zero-order valence-electron chi connectivity index (χ0n) is 26.8. The maximum atomic E-state index is 13.8. The molecule has 3 atom stereocenters. The van der Waals surface area contributed by atoms with Crippen LogP contribution in [0.4, 0.5) is 16.2 Å². The highest BCUT2D eigenvalue weighted by molar-refractivity contribution is 6.02. The van der Waals surface area contributed by atoms with Gasteiger partial charge < -0.3 is 34.9 Å². The van der Waals surface area contributed by atoms with Crippen LogP contribution in [0.1, 0.15) is 29.8 Å². The van der Waals surface area contributed by atoms with Crippen molar-refractivity contribution < 1.29 is 28.9 Å². The molecule has 10 nitrogen and oxygen atoms in total. The number of amides is 3. The molecule has 47 heavy (non-hydrogen) atoms. The molecule has 2 aliphatic heterocycles. The molecule has 0 saturated heterocycles. The van der Waals surface area contributed by atoms with Gasteiger partial charge in [0.15, 0.2) is 11.5 Å². The lowest BCUT2D eigenvalue weighted by Crippen LogP contribution is -2.49. The van der Waals surface area contributed by atoms with Crippen molar-refractivity contribution in [3.05, 3.63) is 102 Å². The summed E-state index contributed by atoms with van der Waals surface area (Å²) in [4.78, 5) is 30.6. The third kappa shape index (κ3) is 7.51. The van der Waals surface area contributed by atoms with E-state index in [2.05, 4.69) is 65.9 Å². The number of urea groups is 1. The lowest BCUT2D eigenvalue weighted by molar-refractivity contribution is 0.0341. The molecule has 4 aromatic rings. The summed E-state index contributed by atoms with van der Waals surface area (Å²) in [5.41, 5.74) is 4.83. The van der Waals surface area contributed by atoms with Crippen molar-refractivity contribution in [1.82, 2.24) is 9.80 Å². The van der Waals surface area contributed by atoms with Crippen LogP contribution in [-0.4, -0.2) is 72.5 Å². The van der Waals surface area contributed by atoms with Gasteiger partial charge in [-0.1, -0.05) is 61.5 Å². The summed E-state index contributed by atoms with van der Waals surface area (Å²) in [7, 11) is 2.06. The first-order valence-electron chi connectivity index (χ1n) is 15.8. The van der Waals surface area contributed by atoms with Gasteiger partial charge in [-0.25, -0.2) is 4.79 Å². The fourth-order valence-electron chi connectivity index (χ4n) is 5.90. The predicted molar refractivity (Wildman–Crippen MR) is 181 cm³/mol. The first-order chi connectivity index (χ1) is 22.8. The summed E-state index contributed by atoms with van der Waals surface area (Å²) in [6.45, 7) is 5.62. The number of nitrogens with zero attached hydrogens (tertiary/aromatic N) is 2. The molecule has 0 saturated carbocycles. The van der Waals surface area contributed by atoms with Gasteiger partial charge in [0, 0.05) is 43.0 Å². The van der Waals surface area contributed by atoms with Crippen molar-refractivity contribution in [2.24, 2.45) is 5.92 Å². The lowest BCUT2D eigenvalue weighted by atomic mass is 9.99. The van der Waals surface area contributed by atoms with Crippen molar-refractivity contribution in [2.45, 2.75) is 32.5 Å². The van der Waals surface area contributed by atoms with Gasteiger partial charge in [0.2, 0.25) is 6.79 Å². The smallest absolute Gasteiger partial charge is 0.323 e. The van der Waals surface area contributed by atoms with Crippen LogP contribution in [0.5, 0.6) is 17.2 Å². The summed E-state index contributed by atoms with van der Waals surface area (Å²) < 4.78 is 17.3. The van der Waals surface area contributed by atoms with Gasteiger partial charge >= 0.3 is 6.03 Å². The number of nitrogens with one attached hydrogen (secondary N) is 2. The molecule has 3 N–H and O–H groups in total. The Kier molecular flexibility index (Phi) is 9.60. The molecule has 0 radical (unpaired) electrons. The number of rotatable bonds is 9. The molecular formula is C37H40N4O6. The number of benzene rings is 4. The monoisotopic (exact) mass is 636 g/mol. The molecule has 0 unspecified atom stereocenters. The minimum absolute atomic E-state index is 0.0192. The van der Waals surface area contributed by atoms with E-state index >= 15 is 0 Å².